The summed E-state index contributed by atoms with van der Waals surface area (Å²) in [6.45, 7) is 2.12. The highest BCUT2D eigenvalue weighted by atomic mass is 16.5. The molecule has 0 saturated heterocycles. The number of phenols is 1. The molecule has 0 amide bonds. The Hall–Kier alpha value is -3.35. The van der Waals surface area contributed by atoms with Crippen molar-refractivity contribution in [3.63, 3.8) is 0 Å². The van der Waals surface area contributed by atoms with Crippen molar-refractivity contribution in [2.45, 2.75) is 32.6 Å². The van der Waals surface area contributed by atoms with Crippen LogP contribution in [0.25, 0.3) is 22.3 Å². The van der Waals surface area contributed by atoms with E-state index in [1.54, 1.807) is 12.1 Å². The molecule has 0 atom stereocenters. The van der Waals surface area contributed by atoms with E-state index < -0.39 is 0 Å². The van der Waals surface area contributed by atoms with Gasteiger partial charge in [0.15, 0.2) is 16.9 Å². The highest BCUT2D eigenvalue weighted by Gasteiger charge is 2.21. The maximum absolute atomic E-state index is 13.0. The second kappa shape index (κ2) is 9.64. The quantitative estimate of drug-likeness (QED) is 0.483. The molecule has 3 aromatic rings. The molecule has 166 valence electrons. The van der Waals surface area contributed by atoms with Crippen molar-refractivity contribution in [1.29, 1.82) is 0 Å². The van der Waals surface area contributed by atoms with E-state index in [1.165, 1.54) is 40.6 Å². The topological polar surface area (TPSA) is 87.4 Å². The van der Waals surface area contributed by atoms with E-state index in [2.05, 4.69) is 6.92 Å². The number of benzene rings is 2. The first-order valence-electron chi connectivity index (χ1n) is 10.2. The lowest BCUT2D eigenvalue weighted by Crippen LogP contribution is -2.05. The molecule has 0 bridgehead atoms. The smallest absolute Gasteiger partial charge is 0.203 e. The van der Waals surface area contributed by atoms with Crippen molar-refractivity contribution in [3.05, 3.63) is 40.1 Å². The van der Waals surface area contributed by atoms with Crippen LogP contribution >= 0.6 is 0 Å². The number of aryl methyl sites for hydroxylation is 1. The molecule has 1 N–H and O–H groups in total. The molecule has 0 radical (unpaired) electrons. The van der Waals surface area contributed by atoms with Gasteiger partial charge in [0, 0.05) is 23.3 Å². The number of unbranched alkanes of at least 4 members (excludes halogenated alkanes) is 2. The lowest BCUT2D eigenvalue weighted by Gasteiger charge is -2.15. The molecule has 0 unspecified atom stereocenters. The number of hydrogen-bond acceptors (Lipinski definition) is 7. The molecule has 2 aromatic carbocycles. The average molecular weight is 428 g/mol. The third kappa shape index (κ3) is 4.26. The Morgan fingerprint density at radius 1 is 0.871 bits per heavy atom. The Morgan fingerprint density at radius 3 is 2.06 bits per heavy atom. The van der Waals surface area contributed by atoms with Gasteiger partial charge in [-0.3, -0.25) is 4.79 Å². The fourth-order valence-corrected chi connectivity index (χ4v) is 3.68. The third-order valence-corrected chi connectivity index (χ3v) is 5.24. The largest absolute Gasteiger partial charge is 0.507 e. The normalized spacial score (nSPS) is 10.9. The zero-order valence-corrected chi connectivity index (χ0v) is 18.5. The SMILES string of the molecule is CCCCCc1c(OC)cc(O)c2c(=O)cc(-c3cc(OC)c(OC)c(OC)c3)oc12. The molecule has 0 aliphatic rings. The Morgan fingerprint density at radius 2 is 1.52 bits per heavy atom. The number of fused-ring (bicyclic) bond motifs is 1. The second-order valence-electron chi connectivity index (χ2n) is 7.13. The molecule has 1 heterocycles. The fraction of sp³-hybridized carbons (Fsp3) is 0.375. The molecule has 0 spiro atoms. The Bertz CT molecular complexity index is 1110. The molecule has 0 aliphatic heterocycles. The molecule has 7 nitrogen and oxygen atoms in total. The lowest BCUT2D eigenvalue weighted by molar-refractivity contribution is 0.324. The van der Waals surface area contributed by atoms with Crippen LogP contribution in [0.4, 0.5) is 0 Å². The van der Waals surface area contributed by atoms with Crippen LogP contribution in [0.15, 0.2) is 33.5 Å². The van der Waals surface area contributed by atoms with Gasteiger partial charge >= 0.3 is 0 Å². The third-order valence-electron chi connectivity index (χ3n) is 5.24. The Labute approximate surface area is 181 Å². The van der Waals surface area contributed by atoms with Crippen LogP contribution in [-0.4, -0.2) is 33.5 Å². The first-order chi connectivity index (χ1) is 15.0. The van der Waals surface area contributed by atoms with Gasteiger partial charge in [-0.15, -0.1) is 0 Å². The lowest BCUT2D eigenvalue weighted by atomic mass is 10.0. The molecule has 1 aromatic heterocycles. The van der Waals surface area contributed by atoms with Crippen molar-refractivity contribution in [3.8, 4) is 40.1 Å². The first-order valence-corrected chi connectivity index (χ1v) is 10.2. The molecule has 3 rings (SSSR count). The zero-order valence-electron chi connectivity index (χ0n) is 18.5. The first kappa shape index (κ1) is 22.3. The van der Waals surface area contributed by atoms with Gasteiger partial charge in [0.05, 0.1) is 28.4 Å². The van der Waals surface area contributed by atoms with Gasteiger partial charge in [-0.25, -0.2) is 0 Å². The molecule has 0 aliphatic carbocycles. The van der Waals surface area contributed by atoms with Crippen molar-refractivity contribution >= 4 is 11.0 Å². The van der Waals surface area contributed by atoms with Crippen LogP contribution in [0.2, 0.25) is 0 Å². The summed E-state index contributed by atoms with van der Waals surface area (Å²) < 4.78 is 27.9. The average Bonchev–Trinajstić information content (AvgIpc) is 2.78. The molecule has 7 heteroatoms. The molecular formula is C24H28O7. The molecule has 0 fully saturated rings. The Kier molecular flexibility index (Phi) is 6.95. The van der Waals surface area contributed by atoms with Gasteiger partial charge in [0.25, 0.3) is 0 Å². The van der Waals surface area contributed by atoms with Crippen molar-refractivity contribution in [1.82, 2.24) is 0 Å². The summed E-state index contributed by atoms with van der Waals surface area (Å²) in [5.41, 5.74) is 1.32. The summed E-state index contributed by atoms with van der Waals surface area (Å²) in [7, 11) is 6.09. The van der Waals surface area contributed by atoms with E-state index in [9.17, 15) is 9.90 Å². The summed E-state index contributed by atoms with van der Waals surface area (Å²) >= 11 is 0. The summed E-state index contributed by atoms with van der Waals surface area (Å²) in [4.78, 5) is 13.0. The van der Waals surface area contributed by atoms with Gasteiger partial charge < -0.3 is 28.5 Å². The number of aromatic hydroxyl groups is 1. The molecule has 31 heavy (non-hydrogen) atoms. The summed E-state index contributed by atoms with van der Waals surface area (Å²) in [5.74, 6) is 1.97. The minimum absolute atomic E-state index is 0.142. The van der Waals surface area contributed by atoms with Crippen LogP contribution in [-0.2, 0) is 6.42 Å². The van der Waals surface area contributed by atoms with E-state index >= 15 is 0 Å². The number of methoxy groups -OCH3 is 4. The summed E-state index contributed by atoms with van der Waals surface area (Å²) in [6.07, 6.45) is 3.65. The zero-order chi connectivity index (χ0) is 22.5. The van der Waals surface area contributed by atoms with Gasteiger partial charge in [-0.05, 0) is 25.0 Å². The number of rotatable bonds is 9. The van der Waals surface area contributed by atoms with E-state index in [-0.39, 0.29) is 16.6 Å². The number of hydrogen-bond donors (Lipinski definition) is 1. The van der Waals surface area contributed by atoms with Crippen LogP contribution in [0.1, 0.15) is 31.7 Å². The van der Waals surface area contributed by atoms with E-state index in [0.29, 0.717) is 46.3 Å². The maximum atomic E-state index is 13.0. The predicted molar refractivity (Wildman–Crippen MR) is 119 cm³/mol. The van der Waals surface area contributed by atoms with Crippen LogP contribution in [0.5, 0.6) is 28.7 Å². The Balaban J connectivity index is 2.28. The number of ether oxygens (including phenoxy) is 4. The maximum Gasteiger partial charge on any atom is 0.203 e. The van der Waals surface area contributed by atoms with Gasteiger partial charge in [0.2, 0.25) is 5.75 Å². The number of phenolic OH excluding ortho intramolecular Hbond substituents is 1. The fourth-order valence-electron chi connectivity index (χ4n) is 3.68. The van der Waals surface area contributed by atoms with Crippen molar-refractivity contribution in [2.75, 3.05) is 28.4 Å². The minimum Gasteiger partial charge on any atom is -0.507 e. The summed E-state index contributed by atoms with van der Waals surface area (Å²) in [5, 5.41) is 10.6. The van der Waals surface area contributed by atoms with Gasteiger partial charge in [-0.2, -0.15) is 0 Å². The molecular weight excluding hydrogens is 400 g/mol. The highest BCUT2D eigenvalue weighted by Crippen LogP contribution is 2.42. The van der Waals surface area contributed by atoms with Crippen LogP contribution < -0.4 is 24.4 Å². The predicted octanol–water partition coefficient (Wildman–Crippen LogP) is 4.93. The summed E-state index contributed by atoms with van der Waals surface area (Å²) in [6, 6.07) is 6.25. The van der Waals surface area contributed by atoms with Crippen molar-refractivity contribution < 1.29 is 28.5 Å². The highest BCUT2D eigenvalue weighted by molar-refractivity contribution is 5.89. The van der Waals surface area contributed by atoms with E-state index in [1.807, 2.05) is 0 Å². The van der Waals surface area contributed by atoms with E-state index in [0.717, 1.165) is 24.8 Å². The second-order valence-corrected chi connectivity index (χ2v) is 7.13. The monoisotopic (exact) mass is 428 g/mol. The van der Waals surface area contributed by atoms with Gasteiger partial charge in [0.1, 0.15) is 28.2 Å². The van der Waals surface area contributed by atoms with Crippen LogP contribution in [0, 0.1) is 0 Å². The molecule has 0 saturated carbocycles. The van der Waals surface area contributed by atoms with Crippen molar-refractivity contribution in [2.24, 2.45) is 0 Å². The van der Waals surface area contributed by atoms with Crippen LogP contribution in [0.3, 0.4) is 0 Å². The van der Waals surface area contributed by atoms with Gasteiger partial charge in [-0.1, -0.05) is 19.8 Å². The minimum atomic E-state index is -0.345. The standard InChI is InChI=1S/C24H28O7/c1-6-7-8-9-15-19(27-2)13-17(26)22-16(25)12-18(31-23(15)22)14-10-20(28-3)24(30-5)21(11-14)29-4/h10-13,26H,6-9H2,1-5H3. The van der Waals surface area contributed by atoms with E-state index in [4.69, 9.17) is 23.4 Å².